The first-order valence-corrected chi connectivity index (χ1v) is 10.5. The number of carbonyl (C=O) groups is 1. The first kappa shape index (κ1) is 21.5. The second-order valence-corrected chi connectivity index (χ2v) is 8.66. The highest BCUT2D eigenvalue weighted by Gasteiger charge is 2.38. The molecule has 162 valence electrons. The van der Waals surface area contributed by atoms with Gasteiger partial charge in [0, 0.05) is 33.0 Å². The van der Waals surface area contributed by atoms with Gasteiger partial charge in [0.1, 0.15) is 12.1 Å². The largest absolute Gasteiger partial charge is 0.421 e. The van der Waals surface area contributed by atoms with Gasteiger partial charge in [-0.3, -0.25) is 9.59 Å². The Labute approximate surface area is 184 Å². The molecule has 0 N–H and O–H groups in total. The maximum Gasteiger partial charge on any atom is 0.421 e. The summed E-state index contributed by atoms with van der Waals surface area (Å²) in [5, 5.41) is 4.07. The van der Waals surface area contributed by atoms with E-state index in [1.807, 2.05) is 35.8 Å². The fourth-order valence-corrected chi connectivity index (χ4v) is 4.12. The van der Waals surface area contributed by atoms with E-state index in [4.69, 9.17) is 0 Å². The number of halogens is 4. The Morgan fingerprint density at radius 1 is 1.19 bits per heavy atom. The third kappa shape index (κ3) is 4.23. The van der Waals surface area contributed by atoms with E-state index in [1.165, 1.54) is 0 Å². The third-order valence-corrected chi connectivity index (χ3v) is 5.88. The van der Waals surface area contributed by atoms with Gasteiger partial charge in [-0.15, -0.1) is 0 Å². The van der Waals surface area contributed by atoms with Crippen LogP contribution in [0.4, 0.5) is 13.2 Å². The third-order valence-electron chi connectivity index (χ3n) is 5.39. The highest BCUT2D eigenvalue weighted by Crippen LogP contribution is 2.40. The fraction of sp³-hybridized carbons (Fsp3) is 0.318. The van der Waals surface area contributed by atoms with E-state index >= 15 is 0 Å². The zero-order valence-electron chi connectivity index (χ0n) is 16.8. The summed E-state index contributed by atoms with van der Waals surface area (Å²) in [6.07, 6.45) is -3.35. The highest BCUT2D eigenvalue weighted by atomic mass is 79.9. The molecule has 1 aliphatic rings. The Balaban J connectivity index is 1.72. The van der Waals surface area contributed by atoms with Crippen LogP contribution >= 0.6 is 15.9 Å². The molecular weight excluding hydrogens is 475 g/mol. The lowest BCUT2D eigenvalue weighted by atomic mass is 10.1. The van der Waals surface area contributed by atoms with Crippen molar-refractivity contribution in [1.29, 1.82) is 0 Å². The lowest BCUT2D eigenvalue weighted by Crippen LogP contribution is -2.33. The molecule has 1 aliphatic carbocycles. The van der Waals surface area contributed by atoms with Crippen molar-refractivity contribution >= 4 is 21.7 Å². The van der Waals surface area contributed by atoms with Crippen LogP contribution in [0.2, 0.25) is 0 Å². The summed E-state index contributed by atoms with van der Waals surface area (Å²) in [5.74, 6) is -0.560. The first-order chi connectivity index (χ1) is 14.6. The lowest BCUT2D eigenvalue weighted by molar-refractivity contribution is -0.139. The van der Waals surface area contributed by atoms with Crippen molar-refractivity contribution in [2.45, 2.75) is 45.3 Å². The molecule has 0 unspecified atom stereocenters. The van der Waals surface area contributed by atoms with E-state index in [9.17, 15) is 22.8 Å². The standard InChI is InChI=1S/C22H19BrF3N3O2/c1-12-8-17(13(2)29(12)16-5-3-4-15(23)9-16)20(30)11-28-21(31)18(22(24,25)26)10-19(27-28)14-6-7-14/h3-5,8-10,14H,6-7,11H2,1-2H3. The van der Waals surface area contributed by atoms with Crippen molar-refractivity contribution in [2.75, 3.05) is 0 Å². The number of aryl methyl sites for hydroxylation is 1. The molecule has 0 spiro atoms. The van der Waals surface area contributed by atoms with Crippen LogP contribution < -0.4 is 5.56 Å². The number of benzene rings is 1. The predicted octanol–water partition coefficient (Wildman–Crippen LogP) is 5.19. The molecule has 0 radical (unpaired) electrons. The Morgan fingerprint density at radius 3 is 2.52 bits per heavy atom. The van der Waals surface area contributed by atoms with Crippen molar-refractivity contribution in [2.24, 2.45) is 0 Å². The second kappa shape index (κ2) is 7.78. The number of Topliss-reactive ketones (excluding diaryl/α,β-unsaturated/α-hetero) is 1. The quantitative estimate of drug-likeness (QED) is 0.459. The van der Waals surface area contributed by atoms with E-state index in [2.05, 4.69) is 21.0 Å². The van der Waals surface area contributed by atoms with Crippen LogP contribution in [0, 0.1) is 13.8 Å². The molecule has 1 saturated carbocycles. The fourth-order valence-electron chi connectivity index (χ4n) is 3.73. The molecule has 31 heavy (non-hydrogen) atoms. The predicted molar refractivity (Wildman–Crippen MR) is 113 cm³/mol. The van der Waals surface area contributed by atoms with Crippen LogP contribution in [-0.2, 0) is 12.7 Å². The topological polar surface area (TPSA) is 56.9 Å². The summed E-state index contributed by atoms with van der Waals surface area (Å²) in [4.78, 5) is 25.4. The number of carbonyl (C=O) groups excluding carboxylic acids is 1. The zero-order valence-corrected chi connectivity index (χ0v) is 18.4. The molecule has 9 heteroatoms. The van der Waals surface area contributed by atoms with Gasteiger partial charge in [-0.05, 0) is 57.0 Å². The molecule has 5 nitrogen and oxygen atoms in total. The van der Waals surface area contributed by atoms with E-state index < -0.39 is 29.6 Å². The minimum atomic E-state index is -4.80. The molecule has 0 atom stereocenters. The first-order valence-electron chi connectivity index (χ1n) is 9.73. The maximum absolute atomic E-state index is 13.4. The number of rotatable bonds is 5. The second-order valence-electron chi connectivity index (χ2n) is 7.74. The molecule has 1 aromatic carbocycles. The van der Waals surface area contributed by atoms with Crippen LogP contribution in [0.3, 0.4) is 0 Å². The molecule has 4 rings (SSSR count). The van der Waals surface area contributed by atoms with Crippen LogP contribution in [0.1, 0.15) is 51.8 Å². The van der Waals surface area contributed by atoms with Crippen molar-refractivity contribution in [3.63, 3.8) is 0 Å². The van der Waals surface area contributed by atoms with Gasteiger partial charge in [-0.1, -0.05) is 22.0 Å². The smallest absolute Gasteiger partial charge is 0.318 e. The molecular formula is C22H19BrF3N3O2. The molecule has 3 aromatic rings. The summed E-state index contributed by atoms with van der Waals surface area (Å²) in [6, 6.07) is 10.0. The monoisotopic (exact) mass is 493 g/mol. The minimum Gasteiger partial charge on any atom is -0.318 e. The molecule has 1 fully saturated rings. The minimum absolute atomic E-state index is 0.0929. The lowest BCUT2D eigenvalue weighted by Gasteiger charge is -2.12. The molecule has 0 amide bonds. The number of hydrogen-bond donors (Lipinski definition) is 0. The Kier molecular flexibility index (Phi) is 5.41. The van der Waals surface area contributed by atoms with Crippen molar-refractivity contribution in [1.82, 2.24) is 14.3 Å². The molecule has 2 heterocycles. The number of hydrogen-bond acceptors (Lipinski definition) is 3. The summed E-state index contributed by atoms with van der Waals surface area (Å²) in [7, 11) is 0. The van der Waals surface area contributed by atoms with Gasteiger partial charge in [0.25, 0.3) is 5.56 Å². The summed E-state index contributed by atoms with van der Waals surface area (Å²) < 4.78 is 43.5. The number of ketones is 1. The normalized spacial score (nSPS) is 14.1. The van der Waals surface area contributed by atoms with Gasteiger partial charge in [0.2, 0.25) is 0 Å². The van der Waals surface area contributed by atoms with E-state index in [1.54, 1.807) is 13.0 Å². The molecule has 0 aliphatic heterocycles. The zero-order chi connectivity index (χ0) is 22.5. The van der Waals surface area contributed by atoms with Gasteiger partial charge < -0.3 is 4.57 Å². The van der Waals surface area contributed by atoms with Gasteiger partial charge in [-0.25, -0.2) is 4.68 Å². The Hall–Kier alpha value is -2.68. The van der Waals surface area contributed by atoms with Gasteiger partial charge >= 0.3 is 6.18 Å². The summed E-state index contributed by atoms with van der Waals surface area (Å²) in [6.45, 7) is 3.05. The Bertz CT molecular complexity index is 1240. The Morgan fingerprint density at radius 2 is 1.90 bits per heavy atom. The highest BCUT2D eigenvalue weighted by molar-refractivity contribution is 9.10. The average Bonchev–Trinajstić information content (AvgIpc) is 3.47. The van der Waals surface area contributed by atoms with Gasteiger partial charge in [-0.2, -0.15) is 18.3 Å². The van der Waals surface area contributed by atoms with Crippen LogP contribution in [-0.4, -0.2) is 20.1 Å². The van der Waals surface area contributed by atoms with Crippen LogP contribution in [0.15, 0.2) is 45.7 Å². The molecule has 0 saturated heterocycles. The van der Waals surface area contributed by atoms with E-state index in [-0.39, 0.29) is 11.6 Å². The number of nitrogens with zero attached hydrogens (tertiary/aromatic N) is 3. The molecule has 2 aromatic heterocycles. The number of alkyl halides is 3. The van der Waals surface area contributed by atoms with Crippen molar-refractivity contribution in [3.8, 4) is 5.69 Å². The molecule has 0 bridgehead atoms. The van der Waals surface area contributed by atoms with Crippen LogP contribution in [0.5, 0.6) is 0 Å². The summed E-state index contributed by atoms with van der Waals surface area (Å²) >= 11 is 3.42. The average molecular weight is 494 g/mol. The SMILES string of the molecule is Cc1cc(C(=O)Cn2nc(C3CC3)cc(C(F)(F)F)c2=O)c(C)n1-c1cccc(Br)c1. The number of aromatic nitrogens is 3. The van der Waals surface area contributed by atoms with Crippen LogP contribution in [0.25, 0.3) is 5.69 Å². The van der Waals surface area contributed by atoms with Gasteiger partial charge in [0.05, 0.1) is 5.69 Å². The van der Waals surface area contributed by atoms with E-state index in [0.717, 1.165) is 34.8 Å². The van der Waals surface area contributed by atoms with Crippen molar-refractivity contribution in [3.05, 3.63) is 79.4 Å². The van der Waals surface area contributed by atoms with Crippen molar-refractivity contribution < 1.29 is 18.0 Å². The maximum atomic E-state index is 13.4. The van der Waals surface area contributed by atoms with Gasteiger partial charge in [0.15, 0.2) is 5.78 Å². The summed E-state index contributed by atoms with van der Waals surface area (Å²) in [5.41, 5.74) is 0.248. The van der Waals surface area contributed by atoms with E-state index in [0.29, 0.717) is 15.9 Å².